The number of thioether (sulfide) groups is 1. The molecule has 0 bridgehead atoms. The third-order valence-electron chi connectivity index (χ3n) is 2.94. The maximum Gasteiger partial charge on any atom is 0.00223 e. The predicted molar refractivity (Wildman–Crippen MR) is 66.1 cm³/mol. The van der Waals surface area contributed by atoms with Crippen LogP contribution in [0.1, 0.15) is 19.3 Å². The van der Waals surface area contributed by atoms with E-state index in [9.17, 15) is 0 Å². The number of hydrogen-bond acceptors (Lipinski definition) is 3. The van der Waals surface area contributed by atoms with Crippen molar-refractivity contribution in [2.24, 2.45) is 5.92 Å². The van der Waals surface area contributed by atoms with E-state index in [1.165, 1.54) is 51.2 Å². The summed E-state index contributed by atoms with van der Waals surface area (Å²) in [4.78, 5) is 2.63. The Morgan fingerprint density at radius 3 is 3.00 bits per heavy atom. The van der Waals surface area contributed by atoms with Gasteiger partial charge in [-0.25, -0.2) is 0 Å². The molecule has 0 radical (unpaired) electrons. The van der Waals surface area contributed by atoms with Crippen LogP contribution >= 0.6 is 11.8 Å². The van der Waals surface area contributed by atoms with Gasteiger partial charge in [-0.1, -0.05) is 0 Å². The van der Waals surface area contributed by atoms with Crippen LogP contribution in [0.5, 0.6) is 0 Å². The maximum atomic E-state index is 3.28. The number of unbranched alkanes of at least 4 members (excludes halogenated alkanes) is 1. The molecular formula is C11H24N2S. The van der Waals surface area contributed by atoms with Gasteiger partial charge in [0.2, 0.25) is 0 Å². The molecule has 1 heterocycles. The van der Waals surface area contributed by atoms with E-state index in [0.29, 0.717) is 0 Å². The monoisotopic (exact) mass is 216 g/mol. The molecule has 1 atom stereocenters. The van der Waals surface area contributed by atoms with E-state index in [4.69, 9.17) is 0 Å². The fourth-order valence-corrected chi connectivity index (χ4v) is 2.65. The topological polar surface area (TPSA) is 15.3 Å². The molecule has 1 saturated heterocycles. The molecule has 3 heteroatoms. The second kappa shape index (κ2) is 7.55. The van der Waals surface area contributed by atoms with Crippen molar-refractivity contribution in [1.29, 1.82) is 0 Å². The molecule has 0 aromatic rings. The van der Waals surface area contributed by atoms with Crippen LogP contribution in [0.25, 0.3) is 0 Å². The lowest BCUT2D eigenvalue weighted by Gasteiger charge is -2.15. The van der Waals surface area contributed by atoms with Gasteiger partial charge >= 0.3 is 0 Å². The molecule has 1 fully saturated rings. The Bertz CT molecular complexity index is 141. The zero-order valence-electron chi connectivity index (χ0n) is 9.59. The highest BCUT2D eigenvalue weighted by atomic mass is 32.2. The molecule has 84 valence electrons. The van der Waals surface area contributed by atoms with Crippen molar-refractivity contribution in [1.82, 2.24) is 10.2 Å². The summed E-state index contributed by atoms with van der Waals surface area (Å²) in [6, 6.07) is 0. The first-order valence-electron chi connectivity index (χ1n) is 5.72. The lowest BCUT2D eigenvalue weighted by atomic mass is 10.1. The summed E-state index contributed by atoms with van der Waals surface area (Å²) in [6.45, 7) is 5.16. The third kappa shape index (κ3) is 4.67. The molecule has 2 nitrogen and oxygen atoms in total. The zero-order valence-corrected chi connectivity index (χ0v) is 10.4. The molecule has 1 aliphatic heterocycles. The smallest absolute Gasteiger partial charge is 0.00223 e. The normalized spacial score (nSPS) is 23.1. The highest BCUT2D eigenvalue weighted by molar-refractivity contribution is 7.98. The largest absolute Gasteiger partial charge is 0.319 e. The number of nitrogens with one attached hydrogen (secondary N) is 1. The molecule has 0 saturated carbocycles. The molecule has 1 unspecified atom stereocenters. The Morgan fingerprint density at radius 2 is 2.29 bits per heavy atom. The summed E-state index contributed by atoms with van der Waals surface area (Å²) in [6.07, 6.45) is 6.35. The Balaban J connectivity index is 1.98. The Labute approximate surface area is 92.8 Å². The molecule has 0 spiro atoms. The van der Waals surface area contributed by atoms with E-state index in [1.54, 1.807) is 0 Å². The first-order valence-corrected chi connectivity index (χ1v) is 7.12. The lowest BCUT2D eigenvalue weighted by molar-refractivity contribution is 0.318. The van der Waals surface area contributed by atoms with Crippen LogP contribution < -0.4 is 5.32 Å². The molecule has 1 aliphatic rings. The summed E-state index contributed by atoms with van der Waals surface area (Å²) < 4.78 is 0. The highest BCUT2D eigenvalue weighted by Crippen LogP contribution is 2.15. The van der Waals surface area contributed by atoms with Gasteiger partial charge in [0.15, 0.2) is 0 Å². The van der Waals surface area contributed by atoms with Crippen molar-refractivity contribution >= 4 is 11.8 Å². The number of rotatable bonds is 7. The van der Waals surface area contributed by atoms with Crippen LogP contribution in [0, 0.1) is 5.92 Å². The van der Waals surface area contributed by atoms with Crippen LogP contribution in [-0.4, -0.2) is 50.1 Å². The van der Waals surface area contributed by atoms with Crippen molar-refractivity contribution in [3.63, 3.8) is 0 Å². The van der Waals surface area contributed by atoms with E-state index in [-0.39, 0.29) is 0 Å². The van der Waals surface area contributed by atoms with E-state index >= 15 is 0 Å². The van der Waals surface area contributed by atoms with Crippen molar-refractivity contribution < 1.29 is 0 Å². The van der Waals surface area contributed by atoms with E-state index in [1.807, 2.05) is 11.8 Å². The summed E-state index contributed by atoms with van der Waals surface area (Å²) in [5, 5.41) is 3.28. The fraction of sp³-hybridized carbons (Fsp3) is 1.00. The van der Waals surface area contributed by atoms with Crippen LogP contribution in [0.4, 0.5) is 0 Å². The summed E-state index contributed by atoms with van der Waals surface area (Å²) in [5.74, 6) is 2.23. The van der Waals surface area contributed by atoms with E-state index < -0.39 is 0 Å². The molecule has 1 rings (SSSR count). The SMILES string of the molecule is CNCC1CCN(CCCCSC)C1. The van der Waals surface area contributed by atoms with Crippen molar-refractivity contribution in [3.05, 3.63) is 0 Å². The second-order valence-corrected chi connectivity index (χ2v) is 5.20. The average molecular weight is 216 g/mol. The minimum Gasteiger partial charge on any atom is -0.319 e. The summed E-state index contributed by atoms with van der Waals surface area (Å²) >= 11 is 1.96. The van der Waals surface area contributed by atoms with Gasteiger partial charge in [0, 0.05) is 6.54 Å². The van der Waals surface area contributed by atoms with Crippen molar-refractivity contribution in [2.75, 3.05) is 45.2 Å². The van der Waals surface area contributed by atoms with Gasteiger partial charge in [-0.05, 0) is 63.9 Å². The Kier molecular flexibility index (Phi) is 6.65. The molecule has 0 aliphatic carbocycles. The van der Waals surface area contributed by atoms with E-state index in [0.717, 1.165) is 5.92 Å². The number of nitrogens with zero attached hydrogens (tertiary/aromatic N) is 1. The zero-order chi connectivity index (χ0) is 10.2. The van der Waals surface area contributed by atoms with Gasteiger partial charge in [0.25, 0.3) is 0 Å². The first kappa shape index (κ1) is 12.3. The lowest BCUT2D eigenvalue weighted by Crippen LogP contribution is -2.25. The Hall–Kier alpha value is 0.270. The quantitative estimate of drug-likeness (QED) is 0.652. The molecule has 1 N–H and O–H groups in total. The van der Waals surface area contributed by atoms with Crippen LogP contribution in [0.15, 0.2) is 0 Å². The average Bonchev–Trinajstić information content (AvgIpc) is 2.61. The van der Waals surface area contributed by atoms with Crippen LogP contribution in [0.3, 0.4) is 0 Å². The molecule has 0 aromatic heterocycles. The number of likely N-dealkylation sites (tertiary alicyclic amines) is 1. The van der Waals surface area contributed by atoms with E-state index in [2.05, 4.69) is 23.5 Å². The first-order chi connectivity index (χ1) is 6.86. The van der Waals surface area contributed by atoms with Gasteiger partial charge in [-0.3, -0.25) is 0 Å². The van der Waals surface area contributed by atoms with Crippen LogP contribution in [0.2, 0.25) is 0 Å². The summed E-state index contributed by atoms with van der Waals surface area (Å²) in [5.41, 5.74) is 0. The molecular weight excluding hydrogens is 192 g/mol. The predicted octanol–water partition coefficient (Wildman–Crippen LogP) is 1.67. The molecule has 0 amide bonds. The number of hydrogen-bond donors (Lipinski definition) is 1. The maximum absolute atomic E-state index is 3.28. The van der Waals surface area contributed by atoms with Crippen molar-refractivity contribution in [3.8, 4) is 0 Å². The molecule has 14 heavy (non-hydrogen) atoms. The fourth-order valence-electron chi connectivity index (χ4n) is 2.15. The van der Waals surface area contributed by atoms with Crippen molar-refractivity contribution in [2.45, 2.75) is 19.3 Å². The minimum absolute atomic E-state index is 0.903. The third-order valence-corrected chi connectivity index (χ3v) is 3.63. The van der Waals surface area contributed by atoms with Crippen LogP contribution in [-0.2, 0) is 0 Å². The van der Waals surface area contributed by atoms with Gasteiger partial charge in [0.05, 0.1) is 0 Å². The minimum atomic E-state index is 0.903. The standard InChI is InChI=1S/C11H24N2S/c1-12-9-11-5-7-13(10-11)6-3-4-8-14-2/h11-12H,3-10H2,1-2H3. The van der Waals surface area contributed by atoms with Gasteiger partial charge in [-0.2, -0.15) is 11.8 Å². The Morgan fingerprint density at radius 1 is 1.43 bits per heavy atom. The second-order valence-electron chi connectivity index (χ2n) is 4.21. The van der Waals surface area contributed by atoms with Gasteiger partial charge in [0.1, 0.15) is 0 Å². The highest BCUT2D eigenvalue weighted by Gasteiger charge is 2.20. The van der Waals surface area contributed by atoms with Gasteiger partial charge < -0.3 is 10.2 Å². The molecule has 0 aromatic carbocycles. The van der Waals surface area contributed by atoms with Gasteiger partial charge in [-0.15, -0.1) is 0 Å². The summed E-state index contributed by atoms with van der Waals surface area (Å²) in [7, 11) is 2.06.